The maximum atomic E-state index is 11.1. The van der Waals surface area contributed by atoms with Crippen molar-refractivity contribution in [3.63, 3.8) is 0 Å². The number of aromatic carboxylic acids is 1. The monoisotopic (exact) mass is 258 g/mol. The summed E-state index contributed by atoms with van der Waals surface area (Å²) in [6.45, 7) is 1.15. The molecule has 0 aliphatic rings. The third kappa shape index (κ3) is 3.56. The molecule has 6 heteroatoms. The minimum absolute atomic E-state index is 0.143. The molecule has 0 unspecified atom stereocenters. The largest absolute Gasteiger partial charge is 0.478 e. The number of hydrogen-bond donors (Lipinski definition) is 1. The molecule has 0 fully saturated rings. The van der Waals surface area contributed by atoms with Crippen LogP contribution in [-0.4, -0.2) is 38.0 Å². The second-order valence-electron chi connectivity index (χ2n) is 4.22. The van der Waals surface area contributed by atoms with Crippen LogP contribution in [0.1, 0.15) is 21.6 Å². The second-order valence-corrected chi connectivity index (χ2v) is 4.22. The first kappa shape index (κ1) is 13.1. The predicted molar refractivity (Wildman–Crippen MR) is 68.4 cm³/mol. The Morgan fingerprint density at radius 1 is 1.26 bits per heavy atom. The van der Waals surface area contributed by atoms with E-state index in [-0.39, 0.29) is 5.56 Å². The summed E-state index contributed by atoms with van der Waals surface area (Å²) in [7, 11) is 1.91. The highest BCUT2D eigenvalue weighted by molar-refractivity contribution is 5.88. The van der Waals surface area contributed by atoms with Gasteiger partial charge >= 0.3 is 5.97 Å². The minimum Gasteiger partial charge on any atom is -0.478 e. The fourth-order valence-corrected chi connectivity index (χ4v) is 1.77. The fourth-order valence-electron chi connectivity index (χ4n) is 1.77. The van der Waals surface area contributed by atoms with Crippen LogP contribution in [0.5, 0.6) is 0 Å². The van der Waals surface area contributed by atoms with Gasteiger partial charge in [0.05, 0.1) is 5.69 Å². The normalized spacial score (nSPS) is 10.6. The molecule has 0 amide bonds. The van der Waals surface area contributed by atoms with Crippen LogP contribution < -0.4 is 0 Å². The van der Waals surface area contributed by atoms with Crippen LogP contribution in [0.15, 0.2) is 37.1 Å². The molecule has 0 atom stereocenters. The average molecular weight is 258 g/mol. The van der Waals surface area contributed by atoms with E-state index < -0.39 is 5.97 Å². The predicted octanol–water partition coefficient (Wildman–Crippen LogP) is 1.20. The van der Waals surface area contributed by atoms with Gasteiger partial charge in [0.2, 0.25) is 0 Å². The van der Waals surface area contributed by atoms with Gasteiger partial charge in [-0.1, -0.05) is 0 Å². The third-order valence-electron chi connectivity index (χ3n) is 2.65. The van der Waals surface area contributed by atoms with Crippen LogP contribution in [0.3, 0.4) is 0 Å². The summed E-state index contributed by atoms with van der Waals surface area (Å²) in [6.07, 6.45) is 6.15. The summed E-state index contributed by atoms with van der Waals surface area (Å²) < 4.78 is 0. The molecule has 19 heavy (non-hydrogen) atoms. The molecule has 0 saturated heterocycles. The van der Waals surface area contributed by atoms with E-state index in [1.807, 2.05) is 24.1 Å². The van der Waals surface area contributed by atoms with E-state index in [0.29, 0.717) is 18.8 Å². The van der Waals surface area contributed by atoms with Gasteiger partial charge in [-0.25, -0.2) is 14.8 Å². The molecule has 0 aromatic carbocycles. The van der Waals surface area contributed by atoms with Crippen molar-refractivity contribution in [3.8, 4) is 0 Å². The first-order valence-electron chi connectivity index (χ1n) is 5.76. The molecule has 98 valence electrons. The Morgan fingerprint density at radius 3 is 2.68 bits per heavy atom. The van der Waals surface area contributed by atoms with E-state index in [1.54, 1.807) is 12.4 Å². The van der Waals surface area contributed by atoms with Crippen molar-refractivity contribution in [2.24, 2.45) is 0 Å². The Bertz CT molecular complexity index is 560. The molecule has 0 aliphatic carbocycles. The maximum absolute atomic E-state index is 11.1. The molecule has 0 spiro atoms. The molecule has 0 saturated carbocycles. The smallest absolute Gasteiger partial charge is 0.339 e. The zero-order chi connectivity index (χ0) is 13.7. The zero-order valence-corrected chi connectivity index (χ0v) is 10.5. The SMILES string of the molecule is CN(Cc1ccncc1)Cc1ncncc1C(=O)O. The summed E-state index contributed by atoms with van der Waals surface area (Å²) in [4.78, 5) is 24.8. The summed E-state index contributed by atoms with van der Waals surface area (Å²) >= 11 is 0. The summed E-state index contributed by atoms with van der Waals surface area (Å²) in [5, 5.41) is 9.06. The molecular formula is C13H14N4O2. The summed E-state index contributed by atoms with van der Waals surface area (Å²) in [5.41, 5.74) is 1.77. The molecule has 0 aliphatic heterocycles. The molecular weight excluding hydrogens is 244 g/mol. The van der Waals surface area contributed by atoms with Crippen molar-refractivity contribution in [2.45, 2.75) is 13.1 Å². The number of carbonyl (C=O) groups is 1. The number of rotatable bonds is 5. The third-order valence-corrected chi connectivity index (χ3v) is 2.65. The Hall–Kier alpha value is -2.34. The number of aromatic nitrogens is 3. The van der Waals surface area contributed by atoms with Crippen molar-refractivity contribution >= 4 is 5.97 Å². The standard InChI is InChI=1S/C13H14N4O2/c1-17(7-10-2-4-14-5-3-10)8-12-11(13(18)19)6-15-9-16-12/h2-6,9H,7-8H2,1H3,(H,18,19). The molecule has 2 aromatic heterocycles. The van der Waals surface area contributed by atoms with Crippen LogP contribution in [0.4, 0.5) is 0 Å². The molecule has 6 nitrogen and oxygen atoms in total. The van der Waals surface area contributed by atoms with Gasteiger partial charge in [-0.3, -0.25) is 9.88 Å². The lowest BCUT2D eigenvalue weighted by atomic mass is 10.2. The van der Waals surface area contributed by atoms with Gasteiger partial charge in [0.1, 0.15) is 11.9 Å². The Labute approximate surface area is 110 Å². The van der Waals surface area contributed by atoms with Crippen LogP contribution in [0.25, 0.3) is 0 Å². The second kappa shape index (κ2) is 6.01. The lowest BCUT2D eigenvalue weighted by Gasteiger charge is -2.16. The molecule has 2 aromatic rings. The zero-order valence-electron chi connectivity index (χ0n) is 10.5. The first-order chi connectivity index (χ1) is 9.16. The highest BCUT2D eigenvalue weighted by Gasteiger charge is 2.13. The topological polar surface area (TPSA) is 79.2 Å². The van der Waals surface area contributed by atoms with Crippen molar-refractivity contribution in [3.05, 3.63) is 53.9 Å². The molecule has 2 rings (SSSR count). The number of carboxylic acid groups (broad SMARTS) is 1. The first-order valence-corrected chi connectivity index (χ1v) is 5.76. The highest BCUT2D eigenvalue weighted by Crippen LogP contribution is 2.09. The van der Waals surface area contributed by atoms with E-state index >= 15 is 0 Å². The lowest BCUT2D eigenvalue weighted by molar-refractivity contribution is 0.0693. The van der Waals surface area contributed by atoms with Crippen LogP contribution in [-0.2, 0) is 13.1 Å². The molecule has 1 N–H and O–H groups in total. The number of carboxylic acids is 1. The van der Waals surface area contributed by atoms with Gasteiger partial charge in [-0.15, -0.1) is 0 Å². The summed E-state index contributed by atoms with van der Waals surface area (Å²) in [6, 6.07) is 3.85. The van der Waals surface area contributed by atoms with E-state index in [0.717, 1.165) is 5.56 Å². The van der Waals surface area contributed by atoms with Gasteiger partial charge in [-0.2, -0.15) is 0 Å². The molecule has 0 radical (unpaired) electrons. The van der Waals surface area contributed by atoms with Crippen LogP contribution >= 0.6 is 0 Å². The molecule has 2 heterocycles. The Kier molecular flexibility index (Phi) is 4.15. The summed E-state index contributed by atoms with van der Waals surface area (Å²) in [5.74, 6) is -1.01. The maximum Gasteiger partial charge on any atom is 0.339 e. The van der Waals surface area contributed by atoms with Gasteiger partial charge in [-0.05, 0) is 24.7 Å². The van der Waals surface area contributed by atoms with E-state index in [9.17, 15) is 4.79 Å². The number of nitrogens with zero attached hydrogens (tertiary/aromatic N) is 4. The molecule has 0 bridgehead atoms. The van der Waals surface area contributed by atoms with Crippen molar-refractivity contribution in [1.82, 2.24) is 19.9 Å². The minimum atomic E-state index is -1.01. The number of hydrogen-bond acceptors (Lipinski definition) is 5. The van der Waals surface area contributed by atoms with Gasteiger partial charge in [0, 0.05) is 31.7 Å². The van der Waals surface area contributed by atoms with Gasteiger partial charge in [0.15, 0.2) is 0 Å². The van der Waals surface area contributed by atoms with E-state index in [2.05, 4.69) is 15.0 Å². The highest BCUT2D eigenvalue weighted by atomic mass is 16.4. The number of pyridine rings is 1. The van der Waals surface area contributed by atoms with Crippen LogP contribution in [0.2, 0.25) is 0 Å². The van der Waals surface area contributed by atoms with E-state index in [4.69, 9.17) is 5.11 Å². The van der Waals surface area contributed by atoms with Crippen LogP contribution in [0, 0.1) is 0 Å². The average Bonchev–Trinajstić information content (AvgIpc) is 2.40. The van der Waals surface area contributed by atoms with Gasteiger partial charge in [0.25, 0.3) is 0 Å². The fraction of sp³-hybridized carbons (Fsp3) is 0.231. The Balaban J connectivity index is 2.07. The van der Waals surface area contributed by atoms with Crippen molar-refractivity contribution in [1.29, 1.82) is 0 Å². The van der Waals surface area contributed by atoms with Gasteiger partial charge < -0.3 is 5.11 Å². The quantitative estimate of drug-likeness (QED) is 0.868. The van der Waals surface area contributed by atoms with E-state index in [1.165, 1.54) is 12.5 Å². The lowest BCUT2D eigenvalue weighted by Crippen LogP contribution is -2.20. The Morgan fingerprint density at radius 2 is 2.00 bits per heavy atom. The van der Waals surface area contributed by atoms with Crippen molar-refractivity contribution in [2.75, 3.05) is 7.05 Å². The van der Waals surface area contributed by atoms with Crippen molar-refractivity contribution < 1.29 is 9.90 Å².